The maximum Gasteiger partial charge on any atom is 0.130 e. The summed E-state index contributed by atoms with van der Waals surface area (Å²) in [6.45, 7) is 4.83. The van der Waals surface area contributed by atoms with Gasteiger partial charge in [-0.3, -0.25) is 0 Å². The molecule has 0 amide bonds. The predicted octanol–water partition coefficient (Wildman–Crippen LogP) is 2.97. The fourth-order valence-corrected chi connectivity index (χ4v) is 1.13. The van der Waals surface area contributed by atoms with Crippen molar-refractivity contribution in [1.82, 2.24) is 0 Å². The fourth-order valence-electron chi connectivity index (χ4n) is 1.13. The van der Waals surface area contributed by atoms with Gasteiger partial charge in [-0.25, -0.2) is 0 Å². The van der Waals surface area contributed by atoms with Crippen molar-refractivity contribution in [1.29, 1.82) is 0 Å². The summed E-state index contributed by atoms with van der Waals surface area (Å²) in [4.78, 5) is 0. The van der Waals surface area contributed by atoms with Crippen LogP contribution in [-0.4, -0.2) is 6.61 Å². The number of hydrogen-bond acceptors (Lipinski definition) is 1. The van der Waals surface area contributed by atoms with Gasteiger partial charge >= 0.3 is 0 Å². The van der Waals surface area contributed by atoms with Crippen LogP contribution in [0.2, 0.25) is 0 Å². The molecule has 2 aliphatic rings. The van der Waals surface area contributed by atoms with E-state index in [-0.39, 0.29) is 0 Å². The van der Waals surface area contributed by atoms with Crippen molar-refractivity contribution < 1.29 is 4.74 Å². The summed E-state index contributed by atoms with van der Waals surface area (Å²) in [6, 6.07) is 0. The van der Waals surface area contributed by atoms with Crippen LogP contribution in [0.15, 0.2) is 41.4 Å². The summed E-state index contributed by atoms with van der Waals surface area (Å²) in [7, 11) is 0. The van der Waals surface area contributed by atoms with E-state index in [0.29, 0.717) is 0 Å². The summed E-state index contributed by atoms with van der Waals surface area (Å²) in [5.74, 6) is 0.991. The Hall–Kier alpha value is -1.20. The van der Waals surface area contributed by atoms with Crippen molar-refractivity contribution in [3.63, 3.8) is 0 Å². The van der Waals surface area contributed by atoms with Crippen LogP contribution in [-0.2, 0) is 4.74 Å². The molecule has 0 unspecified atom stereocenters. The van der Waals surface area contributed by atoms with E-state index in [1.807, 2.05) is 32.1 Å². The first-order valence-corrected chi connectivity index (χ1v) is 4.42. The highest BCUT2D eigenvalue weighted by molar-refractivity contribution is 5.35. The zero-order valence-electron chi connectivity index (χ0n) is 7.63. The first-order chi connectivity index (χ1) is 5.97. The highest BCUT2D eigenvalue weighted by Gasteiger charge is 2.10. The lowest BCUT2D eigenvalue weighted by atomic mass is 10.2. The fraction of sp³-hybridized carbons (Fsp3) is 0.364. The van der Waals surface area contributed by atoms with Gasteiger partial charge in [-0.2, -0.15) is 0 Å². The van der Waals surface area contributed by atoms with Crippen LogP contribution >= 0.6 is 0 Å². The second-order valence-electron chi connectivity index (χ2n) is 2.32. The van der Waals surface area contributed by atoms with Crippen molar-refractivity contribution in [2.75, 3.05) is 6.61 Å². The Morgan fingerprint density at radius 3 is 3.08 bits per heavy atom. The molecule has 0 saturated heterocycles. The number of allylic oxidation sites excluding steroid dienone is 3. The summed E-state index contributed by atoms with van der Waals surface area (Å²) < 4.78 is 5.33. The molecule has 2 rings (SSSR count). The third-order valence-electron chi connectivity index (χ3n) is 1.65. The minimum atomic E-state index is 0.827. The monoisotopic (exact) mass is 162 g/mol. The van der Waals surface area contributed by atoms with Crippen LogP contribution in [0.5, 0.6) is 0 Å². The lowest BCUT2D eigenvalue weighted by molar-refractivity contribution is 0.257. The van der Waals surface area contributed by atoms with Crippen molar-refractivity contribution in [3.8, 4) is 0 Å². The number of hydrogen-bond donors (Lipinski definition) is 0. The molecule has 64 valence electrons. The van der Waals surface area contributed by atoms with Crippen molar-refractivity contribution in [3.05, 3.63) is 41.4 Å². The maximum atomic E-state index is 5.33. The molecule has 0 bridgehead atoms. The van der Waals surface area contributed by atoms with Crippen molar-refractivity contribution in [2.24, 2.45) is 0 Å². The first-order valence-electron chi connectivity index (χ1n) is 4.42. The molecule has 1 nitrogen and oxygen atoms in total. The van der Waals surface area contributed by atoms with Gasteiger partial charge in [-0.15, -0.1) is 5.73 Å². The van der Waals surface area contributed by atoms with Crippen molar-refractivity contribution in [2.45, 2.75) is 20.3 Å². The molecule has 0 aromatic heterocycles. The zero-order chi connectivity index (χ0) is 8.81. The van der Waals surface area contributed by atoms with Gasteiger partial charge < -0.3 is 4.74 Å². The predicted molar refractivity (Wildman–Crippen MR) is 50.7 cm³/mol. The third-order valence-corrected chi connectivity index (χ3v) is 1.65. The van der Waals surface area contributed by atoms with Crippen LogP contribution in [0.1, 0.15) is 20.3 Å². The Labute approximate surface area is 73.7 Å². The van der Waals surface area contributed by atoms with Gasteiger partial charge in [0.2, 0.25) is 0 Å². The quantitative estimate of drug-likeness (QED) is 0.497. The van der Waals surface area contributed by atoms with Gasteiger partial charge in [-0.05, 0) is 11.6 Å². The molecule has 1 heterocycles. The molecule has 1 aliphatic carbocycles. The first kappa shape index (κ1) is 8.89. The van der Waals surface area contributed by atoms with E-state index >= 15 is 0 Å². The van der Waals surface area contributed by atoms with Gasteiger partial charge in [0.15, 0.2) is 0 Å². The van der Waals surface area contributed by atoms with Crippen LogP contribution in [0.4, 0.5) is 0 Å². The van der Waals surface area contributed by atoms with E-state index in [4.69, 9.17) is 4.74 Å². The Morgan fingerprint density at radius 2 is 2.25 bits per heavy atom. The van der Waals surface area contributed by atoms with Crippen LogP contribution in [0.3, 0.4) is 0 Å². The van der Waals surface area contributed by atoms with Gasteiger partial charge in [0.25, 0.3) is 0 Å². The molecular weight excluding hydrogens is 148 g/mol. The Kier molecular flexibility index (Phi) is 3.43. The molecule has 0 radical (unpaired) electrons. The van der Waals surface area contributed by atoms with E-state index in [0.717, 1.165) is 18.8 Å². The van der Waals surface area contributed by atoms with Gasteiger partial charge in [0, 0.05) is 12.5 Å². The number of rotatable bonds is 0. The molecular formula is C11H14O. The molecule has 0 spiro atoms. The van der Waals surface area contributed by atoms with Crippen molar-refractivity contribution >= 4 is 0 Å². The lowest BCUT2D eigenvalue weighted by Gasteiger charge is -1.92. The van der Waals surface area contributed by atoms with Gasteiger partial charge in [0.1, 0.15) is 5.76 Å². The normalized spacial score (nSPS) is 17.8. The minimum Gasteiger partial charge on any atom is -0.492 e. The largest absolute Gasteiger partial charge is 0.492 e. The topological polar surface area (TPSA) is 9.23 Å². The van der Waals surface area contributed by atoms with E-state index in [1.54, 1.807) is 0 Å². The maximum absolute atomic E-state index is 5.33. The second kappa shape index (κ2) is 4.63. The SMILES string of the molecule is C1=CC=CC2=C(C=1)OCC2.CC. The van der Waals surface area contributed by atoms with E-state index in [9.17, 15) is 0 Å². The average molecular weight is 162 g/mol. The van der Waals surface area contributed by atoms with Gasteiger partial charge in [-0.1, -0.05) is 26.0 Å². The summed E-state index contributed by atoms with van der Waals surface area (Å²) in [5.41, 5.74) is 4.29. The molecule has 1 aliphatic heterocycles. The molecule has 0 saturated carbocycles. The minimum absolute atomic E-state index is 0.827. The standard InChI is InChI=1S/C9H8O.C2H6/c1-2-4-8-6-7-10-9(8)5-3-1;1-2/h1-2,4-5H,6-7H2;1-2H3. The molecule has 0 fully saturated rings. The van der Waals surface area contributed by atoms with Gasteiger partial charge in [0.05, 0.1) is 6.61 Å². The molecule has 12 heavy (non-hydrogen) atoms. The summed E-state index contributed by atoms with van der Waals surface area (Å²) in [6.07, 6.45) is 8.90. The molecule has 0 N–H and O–H groups in total. The average Bonchev–Trinajstić information content (AvgIpc) is 2.46. The van der Waals surface area contributed by atoms with Crippen LogP contribution in [0, 0.1) is 0 Å². The summed E-state index contributed by atoms with van der Waals surface area (Å²) >= 11 is 0. The zero-order valence-corrected chi connectivity index (χ0v) is 7.63. The number of ether oxygens (including phenoxy) is 1. The Bertz CT molecular complexity index is 263. The highest BCUT2D eigenvalue weighted by atomic mass is 16.5. The highest BCUT2D eigenvalue weighted by Crippen LogP contribution is 2.21. The van der Waals surface area contributed by atoms with E-state index < -0.39 is 0 Å². The second-order valence-corrected chi connectivity index (χ2v) is 2.32. The third kappa shape index (κ3) is 1.90. The van der Waals surface area contributed by atoms with E-state index in [1.165, 1.54) is 5.57 Å². The molecule has 0 aromatic carbocycles. The van der Waals surface area contributed by atoms with Crippen LogP contribution < -0.4 is 0 Å². The Balaban J connectivity index is 0.000000336. The Morgan fingerprint density at radius 1 is 1.42 bits per heavy atom. The lowest BCUT2D eigenvalue weighted by Crippen LogP contribution is -1.78. The summed E-state index contributed by atoms with van der Waals surface area (Å²) in [5, 5.41) is 0. The molecule has 1 heteroatoms. The van der Waals surface area contributed by atoms with E-state index in [2.05, 4.69) is 11.8 Å². The van der Waals surface area contributed by atoms with Crippen LogP contribution in [0.25, 0.3) is 0 Å². The molecule has 0 aromatic rings. The smallest absolute Gasteiger partial charge is 0.130 e. The molecule has 0 atom stereocenters.